The first-order valence-electron chi connectivity index (χ1n) is 4.31. The molecule has 1 unspecified atom stereocenters. The summed E-state index contributed by atoms with van der Waals surface area (Å²) in [5.74, 6) is -0.933. The van der Waals surface area contributed by atoms with Crippen LogP contribution in [0.2, 0.25) is 0 Å². The SMILES string of the molecule is CCOC(C(C)=O)C(=O)OC(C)C. The molecular weight excluding hydrogens is 172 g/mol. The van der Waals surface area contributed by atoms with Gasteiger partial charge in [0.25, 0.3) is 0 Å². The molecule has 13 heavy (non-hydrogen) atoms. The lowest BCUT2D eigenvalue weighted by Crippen LogP contribution is -2.34. The van der Waals surface area contributed by atoms with Gasteiger partial charge in [0.2, 0.25) is 6.10 Å². The van der Waals surface area contributed by atoms with E-state index in [2.05, 4.69) is 0 Å². The average molecular weight is 188 g/mol. The van der Waals surface area contributed by atoms with E-state index < -0.39 is 12.1 Å². The highest BCUT2D eigenvalue weighted by Crippen LogP contribution is 2.00. The number of esters is 1. The number of carbonyl (C=O) groups is 2. The van der Waals surface area contributed by atoms with Crippen LogP contribution in [0.1, 0.15) is 27.7 Å². The molecule has 0 aliphatic heterocycles. The molecule has 0 amide bonds. The topological polar surface area (TPSA) is 52.6 Å². The molecule has 76 valence electrons. The van der Waals surface area contributed by atoms with E-state index in [1.807, 2.05) is 0 Å². The molecule has 0 rings (SSSR count). The van der Waals surface area contributed by atoms with E-state index in [-0.39, 0.29) is 11.9 Å². The fourth-order valence-corrected chi connectivity index (χ4v) is 0.812. The summed E-state index contributed by atoms with van der Waals surface area (Å²) < 4.78 is 9.78. The smallest absolute Gasteiger partial charge is 0.343 e. The lowest BCUT2D eigenvalue weighted by atomic mass is 10.2. The van der Waals surface area contributed by atoms with Crippen molar-refractivity contribution in [3.63, 3.8) is 0 Å². The Labute approximate surface area is 78.2 Å². The lowest BCUT2D eigenvalue weighted by Gasteiger charge is -2.14. The van der Waals surface area contributed by atoms with Crippen molar-refractivity contribution in [3.8, 4) is 0 Å². The lowest BCUT2D eigenvalue weighted by molar-refractivity contribution is -0.164. The van der Waals surface area contributed by atoms with Crippen molar-refractivity contribution in [2.75, 3.05) is 6.61 Å². The van der Waals surface area contributed by atoms with E-state index in [4.69, 9.17) is 9.47 Å². The van der Waals surface area contributed by atoms with Gasteiger partial charge in [-0.1, -0.05) is 0 Å². The normalized spacial score (nSPS) is 12.7. The van der Waals surface area contributed by atoms with Crippen LogP contribution in [0.3, 0.4) is 0 Å². The van der Waals surface area contributed by atoms with Crippen molar-refractivity contribution in [1.29, 1.82) is 0 Å². The minimum absolute atomic E-state index is 0.227. The third-order valence-electron chi connectivity index (χ3n) is 1.27. The van der Waals surface area contributed by atoms with Gasteiger partial charge in [-0.25, -0.2) is 4.79 Å². The van der Waals surface area contributed by atoms with Gasteiger partial charge >= 0.3 is 5.97 Å². The van der Waals surface area contributed by atoms with Gasteiger partial charge in [-0.3, -0.25) is 4.79 Å². The van der Waals surface area contributed by atoms with Crippen LogP contribution in [-0.2, 0) is 19.1 Å². The third-order valence-corrected chi connectivity index (χ3v) is 1.27. The summed E-state index contributed by atoms with van der Waals surface area (Å²) in [6.07, 6.45) is -1.29. The van der Waals surface area contributed by atoms with Crippen molar-refractivity contribution in [1.82, 2.24) is 0 Å². The van der Waals surface area contributed by atoms with Crippen LogP contribution in [0.15, 0.2) is 0 Å². The molecule has 0 aliphatic carbocycles. The molecule has 0 N–H and O–H groups in total. The van der Waals surface area contributed by atoms with Crippen molar-refractivity contribution in [2.24, 2.45) is 0 Å². The average Bonchev–Trinajstić information content (AvgIpc) is 1.97. The maximum Gasteiger partial charge on any atom is 0.343 e. The summed E-state index contributed by atoms with van der Waals surface area (Å²) in [4.78, 5) is 22.1. The number of hydrogen-bond acceptors (Lipinski definition) is 4. The standard InChI is InChI=1S/C9H16O4/c1-5-12-8(7(4)10)9(11)13-6(2)3/h6,8H,5H2,1-4H3. The molecule has 1 atom stereocenters. The molecule has 0 fully saturated rings. The van der Waals surface area contributed by atoms with Gasteiger partial charge in [0, 0.05) is 6.61 Å². The summed E-state index contributed by atoms with van der Waals surface area (Å²) in [5, 5.41) is 0. The molecule has 0 saturated heterocycles. The molecule has 0 bridgehead atoms. The van der Waals surface area contributed by atoms with E-state index >= 15 is 0 Å². The Kier molecular flexibility index (Phi) is 5.30. The molecule has 0 heterocycles. The quantitative estimate of drug-likeness (QED) is 0.475. The summed E-state index contributed by atoms with van der Waals surface area (Å²) in [5.41, 5.74) is 0. The molecule has 0 radical (unpaired) electrons. The van der Waals surface area contributed by atoms with Crippen molar-refractivity contribution in [2.45, 2.75) is 39.9 Å². The van der Waals surface area contributed by atoms with Gasteiger partial charge in [-0.2, -0.15) is 0 Å². The Hall–Kier alpha value is -0.900. The second-order valence-electron chi connectivity index (χ2n) is 2.93. The summed E-state index contributed by atoms with van der Waals surface area (Å²) in [7, 11) is 0. The first-order chi connectivity index (χ1) is 5.99. The molecule has 0 aromatic heterocycles. The first kappa shape index (κ1) is 12.1. The minimum atomic E-state index is -1.06. The van der Waals surface area contributed by atoms with Crippen molar-refractivity contribution >= 4 is 11.8 Å². The number of rotatable bonds is 5. The van der Waals surface area contributed by atoms with Gasteiger partial charge in [-0.15, -0.1) is 0 Å². The maximum absolute atomic E-state index is 11.2. The largest absolute Gasteiger partial charge is 0.461 e. The molecule has 0 aromatic carbocycles. The zero-order valence-electron chi connectivity index (χ0n) is 8.49. The molecular formula is C9H16O4. The fourth-order valence-electron chi connectivity index (χ4n) is 0.812. The first-order valence-corrected chi connectivity index (χ1v) is 4.31. The summed E-state index contributed by atoms with van der Waals surface area (Å²) in [6, 6.07) is 0. The van der Waals surface area contributed by atoms with E-state index in [1.54, 1.807) is 20.8 Å². The molecule has 4 heteroatoms. The number of carbonyl (C=O) groups excluding carboxylic acids is 2. The number of ether oxygens (including phenoxy) is 2. The number of Topliss-reactive ketones (excluding diaryl/α,β-unsaturated/α-hetero) is 1. The Morgan fingerprint density at radius 1 is 1.31 bits per heavy atom. The zero-order valence-corrected chi connectivity index (χ0v) is 8.49. The summed E-state index contributed by atoms with van der Waals surface area (Å²) >= 11 is 0. The van der Waals surface area contributed by atoms with Crippen LogP contribution in [0.25, 0.3) is 0 Å². The Bertz CT molecular complexity index is 186. The van der Waals surface area contributed by atoms with Crippen LogP contribution in [0, 0.1) is 0 Å². The Morgan fingerprint density at radius 3 is 2.15 bits per heavy atom. The zero-order chi connectivity index (χ0) is 10.4. The highest BCUT2D eigenvalue weighted by atomic mass is 16.6. The van der Waals surface area contributed by atoms with E-state index in [0.29, 0.717) is 6.61 Å². The number of ketones is 1. The van der Waals surface area contributed by atoms with Gasteiger partial charge < -0.3 is 9.47 Å². The van der Waals surface area contributed by atoms with E-state index in [0.717, 1.165) is 0 Å². The monoisotopic (exact) mass is 188 g/mol. The second-order valence-corrected chi connectivity index (χ2v) is 2.93. The van der Waals surface area contributed by atoms with Crippen molar-refractivity contribution in [3.05, 3.63) is 0 Å². The highest BCUT2D eigenvalue weighted by molar-refractivity contribution is 6.00. The second kappa shape index (κ2) is 5.70. The van der Waals surface area contributed by atoms with Gasteiger partial charge in [0.05, 0.1) is 6.10 Å². The Balaban J connectivity index is 4.20. The van der Waals surface area contributed by atoms with Crippen LogP contribution in [0.5, 0.6) is 0 Å². The summed E-state index contributed by atoms with van der Waals surface area (Å²) in [6.45, 7) is 6.79. The molecule has 0 saturated carbocycles. The van der Waals surface area contributed by atoms with Crippen LogP contribution < -0.4 is 0 Å². The van der Waals surface area contributed by atoms with E-state index in [9.17, 15) is 9.59 Å². The minimum Gasteiger partial charge on any atom is -0.461 e. The number of hydrogen-bond donors (Lipinski definition) is 0. The predicted octanol–water partition coefficient (Wildman–Crippen LogP) is 0.932. The van der Waals surface area contributed by atoms with Gasteiger partial charge in [0.15, 0.2) is 5.78 Å². The highest BCUT2D eigenvalue weighted by Gasteiger charge is 2.25. The molecule has 0 spiro atoms. The van der Waals surface area contributed by atoms with Crippen LogP contribution in [-0.4, -0.2) is 30.6 Å². The predicted molar refractivity (Wildman–Crippen MR) is 47.3 cm³/mol. The van der Waals surface area contributed by atoms with Crippen LogP contribution in [0.4, 0.5) is 0 Å². The van der Waals surface area contributed by atoms with E-state index in [1.165, 1.54) is 6.92 Å². The molecule has 4 nitrogen and oxygen atoms in total. The van der Waals surface area contributed by atoms with Crippen LogP contribution >= 0.6 is 0 Å². The maximum atomic E-state index is 11.2. The fraction of sp³-hybridized carbons (Fsp3) is 0.778. The molecule has 0 aliphatic rings. The molecule has 0 aromatic rings. The van der Waals surface area contributed by atoms with Gasteiger partial charge in [0.1, 0.15) is 0 Å². The third kappa shape index (κ3) is 4.62. The van der Waals surface area contributed by atoms with Gasteiger partial charge in [-0.05, 0) is 27.7 Å². The Morgan fingerprint density at radius 2 is 1.85 bits per heavy atom. The van der Waals surface area contributed by atoms with Crippen molar-refractivity contribution < 1.29 is 19.1 Å².